The molecule has 0 aromatic heterocycles. The van der Waals surface area contributed by atoms with E-state index in [1.165, 1.54) is 38.1 Å². The third kappa shape index (κ3) is 44.2. The van der Waals surface area contributed by atoms with Crippen molar-refractivity contribution >= 4 is 179 Å². The number of aromatic hydroxyl groups is 1. The van der Waals surface area contributed by atoms with Gasteiger partial charge in [-0.3, -0.25) is 120 Å². The number of rotatable bonds is 64. The van der Waals surface area contributed by atoms with Gasteiger partial charge in [-0.15, -0.1) is 0 Å². The highest BCUT2D eigenvalue weighted by atomic mass is 32.1. The molecule has 1 saturated heterocycles. The van der Waals surface area contributed by atoms with E-state index in [-0.39, 0.29) is 36.5 Å². The molecule has 37 N–H and O–H groups in total. The third-order valence-corrected chi connectivity index (χ3v) is 21.3. The van der Waals surface area contributed by atoms with E-state index in [2.05, 4.69) is 105 Å². The van der Waals surface area contributed by atoms with Crippen molar-refractivity contribution in [3.05, 3.63) is 29.8 Å². The predicted octanol–water partition coefficient (Wildman–Crippen LogP) is -17.4. The van der Waals surface area contributed by atoms with Gasteiger partial charge < -0.3 is 175 Å². The number of nitrogens with two attached hydrogens (primary N) is 5. The molecular weight excluding hydrogens is 1920 g/mol. The zero-order valence-corrected chi connectivity index (χ0v) is 78.9. The first-order valence-corrected chi connectivity index (χ1v) is 44.6. The van der Waals surface area contributed by atoms with Gasteiger partial charge in [-0.25, -0.2) is 4.79 Å². The summed E-state index contributed by atoms with van der Waals surface area (Å²) in [4.78, 5) is 343. The van der Waals surface area contributed by atoms with Crippen LogP contribution >= 0.6 is 25.3 Å². The molecule has 1 fully saturated rings. The number of phenols is 1. The first-order chi connectivity index (χ1) is 65.9. The van der Waals surface area contributed by atoms with Crippen molar-refractivity contribution in [2.45, 2.75) is 246 Å². The van der Waals surface area contributed by atoms with Crippen LogP contribution < -0.4 is 124 Å². The minimum atomic E-state index is -2.11. The molecule has 0 spiro atoms. The molecule has 59 nitrogen and oxygen atoms in total. The number of amides is 23. The Bertz CT molecular complexity index is 4670. The molecule has 1 heterocycles. The number of primary amides is 4. The maximum atomic E-state index is 14.3. The quantitative estimate of drug-likeness (QED) is 0.0269. The number of carboxylic acids is 3. The van der Waals surface area contributed by atoms with Gasteiger partial charge in [-0.1, -0.05) is 26.0 Å². The number of hydrogen-bond donors (Lipinski definition) is 34. The number of carbonyl (C=O) groups is 26. The Hall–Kier alpha value is -14.3. The van der Waals surface area contributed by atoms with Crippen LogP contribution in [0.4, 0.5) is 0 Å². The maximum absolute atomic E-state index is 14.3. The molecule has 1 aliphatic rings. The second-order valence-corrected chi connectivity index (χ2v) is 33.3. The van der Waals surface area contributed by atoms with Gasteiger partial charge in [0.15, 0.2) is 0 Å². The molecule has 141 heavy (non-hydrogen) atoms. The fourth-order valence-electron chi connectivity index (χ4n) is 12.9. The predicted molar refractivity (Wildman–Crippen MR) is 486 cm³/mol. The first kappa shape index (κ1) is 123. The zero-order valence-electron chi connectivity index (χ0n) is 77.2. The number of aliphatic hydroxyl groups is 5. The van der Waals surface area contributed by atoms with Gasteiger partial charge in [0.25, 0.3) is 0 Å². The summed E-state index contributed by atoms with van der Waals surface area (Å²) < 4.78 is 0. The Labute approximate surface area is 813 Å². The lowest BCUT2D eigenvalue weighted by Crippen LogP contribution is -2.63. The van der Waals surface area contributed by atoms with E-state index in [9.17, 15) is 171 Å². The SMILES string of the molecule is CC(C)[C@H](NC(=O)[C@H](C)NC(=O)[C@@H](NC(=O)[C@H](CCC(=O)O)NC(=O)[C@H](CCC(N)=O)NC(=O)[C@H](CS)NC(=O)[C@@H](N)CO)[C@@H](C)O)C(=O)N[C@H](C(=O)N[C@@H](CCC(N)=O)C(=O)N[C@H](C(=O)N[C@@H](Cc1ccc(O)cc1)C(=O)NCC(=O)NCC(=O)N[C@@H](CC(N)=O)C(=O)N[C@@H](CO)C(=O)N[C@@H](CC(N)=O)C(=O)NCC(=O)N[C@@H](CCC(=O)O)C(=O)N1CCC[C@H]1C(=O)N[C@@H](CS)C(=O)O)[C@@H](C)O)[C@@H](C)O. The number of aliphatic hydroxyl groups excluding tert-OH is 5. The van der Waals surface area contributed by atoms with E-state index < -0.39 is 390 Å². The number of carboxylic acid groups (broad SMARTS) is 3. The van der Waals surface area contributed by atoms with Crippen LogP contribution in [0.2, 0.25) is 0 Å². The first-order valence-electron chi connectivity index (χ1n) is 43.4. The van der Waals surface area contributed by atoms with E-state index in [0.717, 1.165) is 32.6 Å². The molecule has 1 aromatic rings. The van der Waals surface area contributed by atoms with Crippen LogP contribution in [-0.4, -0.2) is 377 Å². The van der Waals surface area contributed by atoms with Crippen molar-refractivity contribution in [1.82, 2.24) is 101 Å². The number of phenolic OH excluding ortho intramolecular Hbond substituents is 1. The van der Waals surface area contributed by atoms with Crippen molar-refractivity contribution in [3.8, 4) is 5.75 Å². The average Bonchev–Trinajstić information content (AvgIpc) is 1.81. The third-order valence-electron chi connectivity index (χ3n) is 20.6. The van der Waals surface area contributed by atoms with Gasteiger partial charge in [-0.05, 0) is 89.8 Å². The molecule has 0 radical (unpaired) electrons. The molecule has 0 aliphatic carbocycles. The molecule has 1 aliphatic heterocycles. The number of nitrogens with one attached hydrogen (secondary N) is 18. The summed E-state index contributed by atoms with van der Waals surface area (Å²) >= 11 is 7.90. The second-order valence-electron chi connectivity index (χ2n) is 32.5. The highest BCUT2D eigenvalue weighted by molar-refractivity contribution is 7.80. The molecule has 0 bridgehead atoms. The molecular formula is C80H124N24O35S2. The standard InChI is InChI=1S/C80H124N24O35S2/c1-32(2)60(100-64(122)33(3)89-76(134)61(34(4)107)101-70(128)42(15-19-58(118)119)92-68(126)40(13-17-51(82)111)93-73(131)48(30-140)98-65(123)39(81)28-105)75(133)103-63(36(6)109)77(135)94-41(14-18-52(83)112)69(127)102-62(35(5)108)78(136)96-44(22-37-9-11-38(110)12-10-37)66(124)87-25-55(115)86-26-56(116)91-46(24-54(85)114)71(129)97-47(29-106)72(130)95-45(23-53(84)113)67(125)88-27-57(117)90-43(16-20-59(120)121)79(137)104-21-7-8-50(104)74(132)99-49(31-141)80(138)139/h9-12,32-36,39-50,60-63,105-110,140-141H,7-8,13-31,81H2,1-6H3,(H2,82,111)(H2,83,112)(H2,84,113)(H2,85,114)(H,86,115)(H,87,124)(H,88,125)(H,89,134)(H,90,117)(H,91,116)(H,92,126)(H,93,131)(H,94,135)(H,95,130)(H,96,136)(H,97,129)(H,98,123)(H,99,132)(H,100,122)(H,101,128)(H,102,127)(H,103,133)(H,118,119)(H,120,121)(H,138,139)/t33-,34+,35+,36+,39-,40-,41-,42-,43-,44-,45-,46-,47-,48-,49-,50-,60-,61-,62-,63-/m0/s1. The summed E-state index contributed by atoms with van der Waals surface area (Å²) in [5, 5.41) is 130. The van der Waals surface area contributed by atoms with Crippen molar-refractivity contribution in [2.75, 3.05) is 50.9 Å². The van der Waals surface area contributed by atoms with E-state index in [1.54, 1.807) is 0 Å². The fourth-order valence-corrected chi connectivity index (χ4v) is 13.4. The van der Waals surface area contributed by atoms with Gasteiger partial charge in [0.1, 0.15) is 108 Å². The lowest BCUT2D eigenvalue weighted by molar-refractivity contribution is -0.145. The van der Waals surface area contributed by atoms with Gasteiger partial charge in [-0.2, -0.15) is 25.3 Å². The van der Waals surface area contributed by atoms with Crippen LogP contribution in [0.5, 0.6) is 5.75 Å². The molecule has 20 atom stereocenters. The van der Waals surface area contributed by atoms with Gasteiger partial charge in [0.2, 0.25) is 136 Å². The summed E-state index contributed by atoms with van der Waals surface area (Å²) in [6.45, 7) is 1.38. The van der Waals surface area contributed by atoms with Crippen molar-refractivity contribution in [3.63, 3.8) is 0 Å². The summed E-state index contributed by atoms with van der Waals surface area (Å²) in [5.74, 6) is -34.3. The minimum Gasteiger partial charge on any atom is -0.508 e. The molecule has 23 amide bonds. The topological polar surface area (TPSA) is 976 Å². The average molecular weight is 2050 g/mol. The van der Waals surface area contributed by atoms with E-state index in [0.29, 0.717) is 0 Å². The highest BCUT2D eigenvalue weighted by Crippen LogP contribution is 2.21. The van der Waals surface area contributed by atoms with Gasteiger partial charge in [0.05, 0.1) is 64.0 Å². The Balaban J connectivity index is 2.30. The number of carbonyl (C=O) groups excluding carboxylic acids is 23. The van der Waals surface area contributed by atoms with Crippen LogP contribution in [0.3, 0.4) is 0 Å². The second kappa shape index (κ2) is 61.2. The monoisotopic (exact) mass is 2040 g/mol. The number of likely N-dealkylation sites (tertiary alicyclic amines) is 1. The number of thiol groups is 2. The lowest BCUT2D eigenvalue weighted by Gasteiger charge is -2.30. The Morgan fingerprint density at radius 1 is 0.376 bits per heavy atom. The molecule has 1 aromatic carbocycles. The highest BCUT2D eigenvalue weighted by Gasteiger charge is 2.43. The fraction of sp³-hybridized carbons (Fsp3) is 0.600. The van der Waals surface area contributed by atoms with E-state index in [1.807, 2.05) is 16.0 Å². The summed E-state index contributed by atoms with van der Waals surface area (Å²) in [5.41, 5.74) is 27.0. The maximum Gasteiger partial charge on any atom is 0.327 e. The smallest absolute Gasteiger partial charge is 0.327 e. The molecule has 0 saturated carbocycles. The van der Waals surface area contributed by atoms with Crippen LogP contribution in [0.15, 0.2) is 24.3 Å². The minimum absolute atomic E-state index is 0.0442. The van der Waals surface area contributed by atoms with Gasteiger partial charge in [0, 0.05) is 50.2 Å². The number of benzene rings is 1. The Morgan fingerprint density at radius 3 is 1.18 bits per heavy atom. The summed E-state index contributed by atoms with van der Waals surface area (Å²) in [6.07, 6.45) is -13.3. The van der Waals surface area contributed by atoms with Crippen molar-refractivity contribution in [2.24, 2.45) is 34.6 Å². The van der Waals surface area contributed by atoms with E-state index >= 15 is 0 Å². The van der Waals surface area contributed by atoms with Gasteiger partial charge >= 0.3 is 17.9 Å². The summed E-state index contributed by atoms with van der Waals surface area (Å²) in [6, 6.07) is -25.6. The van der Waals surface area contributed by atoms with E-state index in [4.69, 9.17) is 28.7 Å². The lowest BCUT2D eigenvalue weighted by atomic mass is 10.0. The van der Waals surface area contributed by atoms with Crippen molar-refractivity contribution in [1.29, 1.82) is 0 Å². The number of nitrogens with zero attached hydrogens (tertiary/aromatic N) is 1. The number of aliphatic carboxylic acids is 3. The zero-order chi connectivity index (χ0) is 107. The van der Waals surface area contributed by atoms with Crippen LogP contribution in [0.25, 0.3) is 0 Å². The molecule has 61 heteroatoms. The molecule has 2 rings (SSSR count). The van der Waals surface area contributed by atoms with Crippen LogP contribution in [0, 0.1) is 5.92 Å². The summed E-state index contributed by atoms with van der Waals surface area (Å²) in [7, 11) is 0. The normalized spacial score (nSPS) is 16.1. The van der Waals surface area contributed by atoms with Crippen LogP contribution in [0.1, 0.15) is 124 Å². The largest absolute Gasteiger partial charge is 0.508 e. The molecule has 0 unspecified atom stereocenters. The Kier molecular flexibility index (Phi) is 53.3. The van der Waals surface area contributed by atoms with Crippen LogP contribution in [-0.2, 0) is 131 Å². The molecule has 786 valence electrons. The number of hydrogen-bond acceptors (Lipinski definition) is 35. The van der Waals surface area contributed by atoms with Crippen molar-refractivity contribution < 1.29 is 171 Å². The Morgan fingerprint density at radius 2 is 0.738 bits per heavy atom.